The zero-order valence-corrected chi connectivity index (χ0v) is 13.0. The molecule has 4 heteroatoms. The van der Waals surface area contributed by atoms with Crippen molar-refractivity contribution in [2.45, 2.75) is 44.6 Å². The Labute approximate surface area is 131 Å². The van der Waals surface area contributed by atoms with Gasteiger partial charge in [0, 0.05) is 11.6 Å². The molecule has 4 nitrogen and oxygen atoms in total. The maximum Gasteiger partial charge on any atom is 0.245 e. The Balaban J connectivity index is 2.04. The summed E-state index contributed by atoms with van der Waals surface area (Å²) >= 11 is 0. The van der Waals surface area contributed by atoms with Crippen LogP contribution in [0.4, 0.5) is 0 Å². The van der Waals surface area contributed by atoms with Gasteiger partial charge in [-0.25, -0.2) is 0 Å². The van der Waals surface area contributed by atoms with E-state index in [9.17, 15) is 10.1 Å². The van der Waals surface area contributed by atoms with Crippen LogP contribution in [0.2, 0.25) is 0 Å². The number of benzene rings is 1. The molecule has 2 rings (SSSR count). The molecule has 1 amide bonds. The summed E-state index contributed by atoms with van der Waals surface area (Å²) in [4.78, 5) is 12.1. The van der Waals surface area contributed by atoms with Crippen LogP contribution in [0, 0.1) is 11.3 Å². The van der Waals surface area contributed by atoms with Gasteiger partial charge >= 0.3 is 0 Å². The molecule has 0 radical (unpaired) electrons. The summed E-state index contributed by atoms with van der Waals surface area (Å²) in [7, 11) is 0. The van der Waals surface area contributed by atoms with Gasteiger partial charge in [-0.3, -0.25) is 4.79 Å². The van der Waals surface area contributed by atoms with Crippen LogP contribution < -0.4 is 10.1 Å². The Kier molecular flexibility index (Phi) is 5.60. The van der Waals surface area contributed by atoms with E-state index >= 15 is 0 Å². The Hall–Kier alpha value is -2.28. The highest BCUT2D eigenvalue weighted by Crippen LogP contribution is 2.27. The maximum absolute atomic E-state index is 12.1. The van der Waals surface area contributed by atoms with Gasteiger partial charge in [0.15, 0.2) is 0 Å². The molecule has 0 bridgehead atoms. The molecule has 116 valence electrons. The number of amides is 1. The predicted octanol–water partition coefficient (Wildman–Crippen LogP) is 3.44. The third-order valence-corrected chi connectivity index (χ3v) is 3.92. The summed E-state index contributed by atoms with van der Waals surface area (Å²) in [5.41, 5.74) is 0.160. The van der Waals surface area contributed by atoms with Crippen LogP contribution in [0.1, 0.15) is 44.6 Å². The van der Waals surface area contributed by atoms with Crippen molar-refractivity contribution < 1.29 is 9.53 Å². The van der Waals surface area contributed by atoms with Crippen LogP contribution in [0.3, 0.4) is 0 Å². The van der Waals surface area contributed by atoms with Crippen molar-refractivity contribution in [2.75, 3.05) is 6.61 Å². The molecule has 0 atom stereocenters. The van der Waals surface area contributed by atoms with Crippen LogP contribution in [0.15, 0.2) is 30.3 Å². The largest absolute Gasteiger partial charge is 0.493 e. The van der Waals surface area contributed by atoms with E-state index in [4.69, 9.17) is 4.74 Å². The number of carbonyl (C=O) groups excluding carboxylic acids is 1. The van der Waals surface area contributed by atoms with Gasteiger partial charge in [-0.2, -0.15) is 5.26 Å². The lowest BCUT2D eigenvalue weighted by molar-refractivity contribution is -0.118. The molecule has 1 saturated carbocycles. The average Bonchev–Trinajstić information content (AvgIpc) is 2.55. The second-order valence-corrected chi connectivity index (χ2v) is 5.55. The topological polar surface area (TPSA) is 62.1 Å². The number of nitrogens with zero attached hydrogens (tertiary/aromatic N) is 1. The molecule has 0 heterocycles. The Morgan fingerprint density at radius 3 is 2.77 bits per heavy atom. The third-order valence-electron chi connectivity index (χ3n) is 3.92. The van der Waals surface area contributed by atoms with Gasteiger partial charge in [-0.15, -0.1) is 0 Å². The average molecular weight is 298 g/mol. The van der Waals surface area contributed by atoms with Gasteiger partial charge in [0.2, 0.25) is 5.91 Å². The summed E-state index contributed by atoms with van der Waals surface area (Å²) in [5.74, 6) is 0.525. The van der Waals surface area contributed by atoms with E-state index in [1.807, 2.05) is 31.2 Å². The first-order valence-electron chi connectivity index (χ1n) is 7.82. The van der Waals surface area contributed by atoms with Crippen molar-refractivity contribution in [2.24, 2.45) is 0 Å². The van der Waals surface area contributed by atoms with Crippen LogP contribution >= 0.6 is 0 Å². The Bertz CT molecular complexity index is 581. The van der Waals surface area contributed by atoms with Crippen molar-refractivity contribution in [1.29, 1.82) is 5.26 Å². The minimum Gasteiger partial charge on any atom is -0.493 e. The number of para-hydroxylation sites is 1. The quantitative estimate of drug-likeness (QED) is 0.847. The fraction of sp³-hybridized carbons (Fsp3) is 0.444. The monoisotopic (exact) mass is 298 g/mol. The molecule has 1 aromatic carbocycles. The summed E-state index contributed by atoms with van der Waals surface area (Å²) in [6.07, 6.45) is 7.79. The number of hydrogen-bond acceptors (Lipinski definition) is 3. The number of carbonyl (C=O) groups is 1. The van der Waals surface area contributed by atoms with Crippen molar-refractivity contribution >= 4 is 12.0 Å². The van der Waals surface area contributed by atoms with Crippen molar-refractivity contribution in [3.63, 3.8) is 0 Å². The molecule has 0 saturated heterocycles. The second-order valence-electron chi connectivity index (χ2n) is 5.55. The molecule has 1 aliphatic carbocycles. The van der Waals surface area contributed by atoms with E-state index in [0.29, 0.717) is 6.61 Å². The molecule has 1 N–H and O–H groups in total. The molecule has 0 aromatic heterocycles. The van der Waals surface area contributed by atoms with Gasteiger partial charge in [0.1, 0.15) is 11.3 Å². The molecule has 0 unspecified atom stereocenters. The molecule has 1 fully saturated rings. The van der Waals surface area contributed by atoms with E-state index < -0.39 is 5.54 Å². The van der Waals surface area contributed by atoms with Gasteiger partial charge in [-0.05, 0) is 31.9 Å². The first kappa shape index (κ1) is 16.1. The van der Waals surface area contributed by atoms with Crippen molar-refractivity contribution in [3.05, 3.63) is 35.9 Å². The van der Waals surface area contributed by atoms with Crippen LogP contribution in [-0.2, 0) is 4.79 Å². The fourth-order valence-electron chi connectivity index (χ4n) is 2.77. The maximum atomic E-state index is 12.1. The lowest BCUT2D eigenvalue weighted by Crippen LogP contribution is -2.48. The number of hydrogen-bond donors (Lipinski definition) is 1. The minimum atomic E-state index is -0.695. The molecule has 1 aliphatic rings. The molecular weight excluding hydrogens is 276 g/mol. The number of nitriles is 1. The first-order valence-corrected chi connectivity index (χ1v) is 7.82. The smallest absolute Gasteiger partial charge is 0.245 e. The molecular formula is C18H22N2O2. The fourth-order valence-corrected chi connectivity index (χ4v) is 2.77. The van der Waals surface area contributed by atoms with Crippen LogP contribution in [-0.4, -0.2) is 18.1 Å². The summed E-state index contributed by atoms with van der Waals surface area (Å²) < 4.78 is 5.52. The number of ether oxygens (including phenoxy) is 1. The van der Waals surface area contributed by atoms with Crippen LogP contribution in [0.5, 0.6) is 5.75 Å². The predicted molar refractivity (Wildman–Crippen MR) is 86.2 cm³/mol. The molecule has 22 heavy (non-hydrogen) atoms. The van der Waals surface area contributed by atoms with Gasteiger partial charge in [0.25, 0.3) is 0 Å². The first-order chi connectivity index (χ1) is 10.7. The van der Waals surface area contributed by atoms with Crippen molar-refractivity contribution in [1.82, 2.24) is 5.32 Å². The highest BCUT2D eigenvalue weighted by atomic mass is 16.5. The zero-order valence-electron chi connectivity index (χ0n) is 13.0. The van der Waals surface area contributed by atoms with Gasteiger partial charge in [0.05, 0.1) is 12.7 Å². The van der Waals surface area contributed by atoms with E-state index in [0.717, 1.165) is 43.4 Å². The van der Waals surface area contributed by atoms with E-state index in [1.54, 1.807) is 6.08 Å². The summed E-state index contributed by atoms with van der Waals surface area (Å²) in [6, 6.07) is 9.86. The zero-order chi connectivity index (χ0) is 15.8. The standard InChI is InChI=1S/C18H22N2O2/c1-2-22-16-9-5-4-8-15(16)10-11-17(21)20-18(14-19)12-6-3-7-13-18/h4-5,8-11H,2-3,6-7,12-13H2,1H3,(H,20,21)/b11-10+. The highest BCUT2D eigenvalue weighted by Gasteiger charge is 2.32. The van der Waals surface area contributed by atoms with E-state index in [1.165, 1.54) is 6.08 Å². The Morgan fingerprint density at radius 1 is 1.36 bits per heavy atom. The lowest BCUT2D eigenvalue weighted by Gasteiger charge is -2.31. The number of rotatable bonds is 5. The summed E-state index contributed by atoms with van der Waals surface area (Å²) in [6.45, 7) is 2.50. The normalized spacial score (nSPS) is 16.9. The summed E-state index contributed by atoms with van der Waals surface area (Å²) in [5, 5.41) is 12.3. The van der Waals surface area contributed by atoms with Gasteiger partial charge < -0.3 is 10.1 Å². The number of nitrogens with one attached hydrogen (secondary N) is 1. The molecule has 1 aromatic rings. The minimum absolute atomic E-state index is 0.227. The van der Waals surface area contributed by atoms with Gasteiger partial charge in [-0.1, -0.05) is 37.5 Å². The SMILES string of the molecule is CCOc1ccccc1/C=C/C(=O)NC1(C#N)CCCCC1. The molecule has 0 spiro atoms. The highest BCUT2D eigenvalue weighted by molar-refractivity contribution is 5.92. The second kappa shape index (κ2) is 7.65. The van der Waals surface area contributed by atoms with E-state index in [-0.39, 0.29) is 5.91 Å². The van der Waals surface area contributed by atoms with Crippen molar-refractivity contribution in [3.8, 4) is 11.8 Å². The molecule has 0 aliphatic heterocycles. The van der Waals surface area contributed by atoms with E-state index in [2.05, 4.69) is 11.4 Å². The lowest BCUT2D eigenvalue weighted by atomic mass is 9.83. The Morgan fingerprint density at radius 2 is 2.09 bits per heavy atom. The third kappa shape index (κ3) is 4.11. The van der Waals surface area contributed by atoms with Crippen LogP contribution in [0.25, 0.3) is 6.08 Å².